The van der Waals surface area contributed by atoms with Crippen LogP contribution in [0.5, 0.6) is 0 Å². The summed E-state index contributed by atoms with van der Waals surface area (Å²) in [6.45, 7) is 9.08. The van der Waals surface area contributed by atoms with Crippen LogP contribution >= 0.6 is 0 Å². The van der Waals surface area contributed by atoms with Gasteiger partial charge in [0.25, 0.3) is 0 Å². The van der Waals surface area contributed by atoms with Crippen LogP contribution in [-0.4, -0.2) is 29.5 Å². The van der Waals surface area contributed by atoms with E-state index < -0.39 is 0 Å². The molecule has 1 atom stereocenters. The molecule has 0 radical (unpaired) electrons. The molecule has 1 fully saturated rings. The first-order valence-electron chi connectivity index (χ1n) is 5.30. The van der Waals surface area contributed by atoms with Crippen molar-refractivity contribution in [2.75, 3.05) is 13.2 Å². The van der Waals surface area contributed by atoms with Crippen LogP contribution in [0.25, 0.3) is 0 Å². The summed E-state index contributed by atoms with van der Waals surface area (Å²) < 4.78 is 6.00. The highest BCUT2D eigenvalue weighted by atomic mass is 16.5. The smallest absolute Gasteiger partial charge is 0.0703 e. The second-order valence-electron chi connectivity index (χ2n) is 5.51. The van der Waals surface area contributed by atoms with Gasteiger partial charge in [-0.2, -0.15) is 0 Å². The monoisotopic (exact) mass is 201 g/mol. The Bertz CT molecular complexity index is 213. The number of hydrogen-bond donors (Lipinski definition) is 2. The van der Waals surface area contributed by atoms with Crippen molar-refractivity contribution in [1.82, 2.24) is 0 Å². The van der Waals surface area contributed by atoms with E-state index in [9.17, 15) is 0 Å². The van der Waals surface area contributed by atoms with Crippen molar-refractivity contribution in [3.05, 3.63) is 0 Å². The number of rotatable bonds is 3. The van der Waals surface area contributed by atoms with Gasteiger partial charge >= 0.3 is 0 Å². The summed E-state index contributed by atoms with van der Waals surface area (Å²) >= 11 is 0. The maximum atomic E-state index is 9.11. The Labute approximate surface area is 86.6 Å². The standard InChI is InChI=1S/C11H23NO2/c1-9(2)7-11(8-12,5-6-13)10(3,4)14-9/h13H,5-8,12H2,1-4H3. The molecule has 3 heteroatoms. The van der Waals surface area contributed by atoms with Crippen molar-refractivity contribution in [2.45, 2.75) is 51.7 Å². The molecule has 1 aliphatic rings. The van der Waals surface area contributed by atoms with Crippen molar-refractivity contribution < 1.29 is 9.84 Å². The number of hydrogen-bond acceptors (Lipinski definition) is 3. The maximum Gasteiger partial charge on any atom is 0.0703 e. The molecule has 0 saturated carbocycles. The van der Waals surface area contributed by atoms with Gasteiger partial charge in [-0.25, -0.2) is 0 Å². The van der Waals surface area contributed by atoms with Crippen LogP contribution < -0.4 is 5.73 Å². The van der Waals surface area contributed by atoms with Crippen molar-refractivity contribution in [2.24, 2.45) is 11.1 Å². The van der Waals surface area contributed by atoms with Gasteiger partial charge in [-0.3, -0.25) is 0 Å². The fraction of sp³-hybridized carbons (Fsp3) is 1.00. The lowest BCUT2D eigenvalue weighted by molar-refractivity contribution is -0.0953. The average molecular weight is 201 g/mol. The van der Waals surface area contributed by atoms with Gasteiger partial charge in [0.2, 0.25) is 0 Å². The van der Waals surface area contributed by atoms with Gasteiger partial charge in [-0.15, -0.1) is 0 Å². The molecule has 1 unspecified atom stereocenters. The Kier molecular flexibility index (Phi) is 2.96. The zero-order chi connectivity index (χ0) is 11.0. The van der Waals surface area contributed by atoms with E-state index in [1.165, 1.54) is 0 Å². The zero-order valence-corrected chi connectivity index (χ0v) is 9.76. The van der Waals surface area contributed by atoms with Gasteiger partial charge in [0.15, 0.2) is 0 Å². The molecule has 14 heavy (non-hydrogen) atoms. The lowest BCUT2D eigenvalue weighted by Crippen LogP contribution is -2.46. The predicted molar refractivity (Wildman–Crippen MR) is 57.1 cm³/mol. The molecule has 0 aromatic carbocycles. The minimum Gasteiger partial charge on any atom is -0.396 e. The van der Waals surface area contributed by atoms with Gasteiger partial charge in [0, 0.05) is 18.6 Å². The van der Waals surface area contributed by atoms with Crippen LogP contribution in [-0.2, 0) is 4.74 Å². The normalized spacial score (nSPS) is 34.7. The molecule has 0 spiro atoms. The maximum absolute atomic E-state index is 9.11. The van der Waals surface area contributed by atoms with E-state index in [4.69, 9.17) is 15.6 Å². The molecular weight excluding hydrogens is 178 g/mol. The molecule has 1 saturated heterocycles. The summed E-state index contributed by atoms with van der Waals surface area (Å²) in [5.41, 5.74) is 5.41. The molecule has 0 aromatic heterocycles. The molecule has 3 N–H and O–H groups in total. The van der Waals surface area contributed by atoms with E-state index in [2.05, 4.69) is 27.7 Å². The Morgan fingerprint density at radius 2 is 1.86 bits per heavy atom. The van der Waals surface area contributed by atoms with Gasteiger partial charge in [0.1, 0.15) is 0 Å². The van der Waals surface area contributed by atoms with Crippen LogP contribution in [0, 0.1) is 5.41 Å². The second kappa shape index (κ2) is 3.47. The van der Waals surface area contributed by atoms with E-state index in [1.807, 2.05) is 0 Å². The van der Waals surface area contributed by atoms with E-state index in [0.717, 1.165) is 12.8 Å². The van der Waals surface area contributed by atoms with E-state index in [0.29, 0.717) is 6.54 Å². The summed E-state index contributed by atoms with van der Waals surface area (Å²) in [5.74, 6) is 0. The molecule has 3 nitrogen and oxygen atoms in total. The van der Waals surface area contributed by atoms with Crippen molar-refractivity contribution in [3.8, 4) is 0 Å². The highest BCUT2D eigenvalue weighted by molar-refractivity contribution is 5.05. The minimum absolute atomic E-state index is 0.0781. The van der Waals surface area contributed by atoms with Crippen molar-refractivity contribution in [3.63, 3.8) is 0 Å². The Morgan fingerprint density at radius 3 is 2.14 bits per heavy atom. The first-order valence-corrected chi connectivity index (χ1v) is 5.30. The summed E-state index contributed by atoms with van der Waals surface area (Å²) in [6.07, 6.45) is 1.64. The lowest BCUT2D eigenvalue weighted by atomic mass is 9.69. The SMILES string of the molecule is CC1(C)CC(CN)(CCO)C(C)(C)O1. The van der Waals surface area contributed by atoms with Crippen LogP contribution in [0.15, 0.2) is 0 Å². The highest BCUT2D eigenvalue weighted by Crippen LogP contribution is 2.52. The summed E-state index contributed by atoms with van der Waals surface area (Å²) in [4.78, 5) is 0. The summed E-state index contributed by atoms with van der Waals surface area (Å²) in [6, 6.07) is 0. The Balaban J connectivity index is 2.95. The zero-order valence-electron chi connectivity index (χ0n) is 9.76. The molecule has 84 valence electrons. The highest BCUT2D eigenvalue weighted by Gasteiger charge is 2.55. The molecule has 0 amide bonds. The number of ether oxygens (including phenoxy) is 1. The van der Waals surface area contributed by atoms with Gasteiger partial charge in [0.05, 0.1) is 11.2 Å². The Morgan fingerprint density at radius 1 is 1.29 bits per heavy atom. The molecule has 1 aliphatic heterocycles. The first kappa shape index (κ1) is 12.0. The van der Waals surface area contributed by atoms with Gasteiger partial charge in [-0.05, 0) is 40.5 Å². The molecular formula is C11H23NO2. The molecule has 1 rings (SSSR count). The third-order valence-corrected chi connectivity index (χ3v) is 3.55. The van der Waals surface area contributed by atoms with Crippen molar-refractivity contribution >= 4 is 0 Å². The molecule has 0 bridgehead atoms. The largest absolute Gasteiger partial charge is 0.396 e. The topological polar surface area (TPSA) is 55.5 Å². The summed E-state index contributed by atoms with van der Waals surface area (Å²) in [7, 11) is 0. The second-order valence-corrected chi connectivity index (χ2v) is 5.51. The third kappa shape index (κ3) is 1.81. The lowest BCUT2D eigenvalue weighted by Gasteiger charge is -2.38. The van der Waals surface area contributed by atoms with Crippen molar-refractivity contribution in [1.29, 1.82) is 0 Å². The van der Waals surface area contributed by atoms with Gasteiger partial charge < -0.3 is 15.6 Å². The first-order chi connectivity index (χ1) is 6.29. The fourth-order valence-electron chi connectivity index (χ4n) is 2.89. The van der Waals surface area contributed by atoms with Crippen LogP contribution in [0.2, 0.25) is 0 Å². The van der Waals surface area contributed by atoms with Crippen LogP contribution in [0.4, 0.5) is 0 Å². The van der Waals surface area contributed by atoms with Crippen LogP contribution in [0.1, 0.15) is 40.5 Å². The van der Waals surface area contributed by atoms with E-state index in [-0.39, 0.29) is 23.2 Å². The number of nitrogens with two attached hydrogens (primary N) is 1. The summed E-state index contributed by atoms with van der Waals surface area (Å²) in [5, 5.41) is 9.11. The average Bonchev–Trinajstić information content (AvgIpc) is 2.17. The molecule has 1 heterocycles. The number of aliphatic hydroxyl groups is 1. The quantitative estimate of drug-likeness (QED) is 0.723. The third-order valence-electron chi connectivity index (χ3n) is 3.55. The molecule has 0 aliphatic carbocycles. The Hall–Kier alpha value is -0.120. The molecule has 0 aromatic rings. The van der Waals surface area contributed by atoms with E-state index >= 15 is 0 Å². The minimum atomic E-state index is -0.242. The van der Waals surface area contributed by atoms with E-state index in [1.54, 1.807) is 0 Å². The number of aliphatic hydroxyl groups excluding tert-OH is 1. The van der Waals surface area contributed by atoms with Crippen LogP contribution in [0.3, 0.4) is 0 Å². The van der Waals surface area contributed by atoms with Gasteiger partial charge in [-0.1, -0.05) is 0 Å². The fourth-order valence-corrected chi connectivity index (χ4v) is 2.89. The predicted octanol–water partition coefficient (Wildman–Crippen LogP) is 1.29.